The summed E-state index contributed by atoms with van der Waals surface area (Å²) in [6.45, 7) is 2.69. The molecule has 0 aliphatic carbocycles. The Hall–Kier alpha value is -3.52. The van der Waals surface area contributed by atoms with Crippen LogP contribution in [0.2, 0.25) is 0 Å². The van der Waals surface area contributed by atoms with E-state index >= 15 is 0 Å². The summed E-state index contributed by atoms with van der Waals surface area (Å²) in [6, 6.07) is 19.7. The van der Waals surface area contributed by atoms with Crippen LogP contribution in [0.3, 0.4) is 0 Å². The van der Waals surface area contributed by atoms with Crippen LogP contribution in [0.25, 0.3) is 0 Å². The lowest BCUT2D eigenvalue weighted by molar-refractivity contribution is 0.102. The van der Waals surface area contributed by atoms with Crippen LogP contribution in [-0.4, -0.2) is 25.9 Å². The molecule has 0 bridgehead atoms. The van der Waals surface area contributed by atoms with Gasteiger partial charge in [-0.15, -0.1) is 15.3 Å². The first-order valence-corrected chi connectivity index (χ1v) is 9.88. The predicted molar refractivity (Wildman–Crippen MR) is 111 cm³/mol. The number of anilines is 1. The fourth-order valence-corrected chi connectivity index (χ4v) is 3.34. The van der Waals surface area contributed by atoms with Crippen molar-refractivity contribution in [3.8, 4) is 5.88 Å². The molecule has 2 aromatic heterocycles. The first-order valence-electron chi connectivity index (χ1n) is 9.07. The Kier molecular flexibility index (Phi) is 5.62. The lowest BCUT2D eigenvalue weighted by atomic mass is 10.2. The van der Waals surface area contributed by atoms with E-state index < -0.39 is 0 Å². The summed E-state index contributed by atoms with van der Waals surface area (Å²) in [4.78, 5) is 12.8. The topological polar surface area (TPSA) is 81.9 Å². The zero-order chi connectivity index (χ0) is 20.1. The van der Waals surface area contributed by atoms with Crippen LogP contribution in [0.4, 0.5) is 5.13 Å². The molecule has 29 heavy (non-hydrogen) atoms. The maximum atomic E-state index is 12.8. The molecule has 0 saturated heterocycles. The molecule has 0 aliphatic heterocycles. The second kappa shape index (κ2) is 8.66. The van der Waals surface area contributed by atoms with E-state index in [0.717, 1.165) is 16.1 Å². The summed E-state index contributed by atoms with van der Waals surface area (Å²) >= 11 is 1.31. The molecular formula is C21H19N5O2S. The summed E-state index contributed by atoms with van der Waals surface area (Å²) < 4.78 is 7.58. The van der Waals surface area contributed by atoms with Crippen LogP contribution >= 0.6 is 11.3 Å². The number of aromatic nitrogens is 4. The van der Waals surface area contributed by atoms with Crippen molar-refractivity contribution in [3.63, 3.8) is 0 Å². The molecule has 2 aromatic carbocycles. The van der Waals surface area contributed by atoms with Gasteiger partial charge in [-0.25, -0.2) is 0 Å². The Morgan fingerprint density at radius 1 is 1.03 bits per heavy atom. The maximum Gasteiger partial charge on any atom is 0.264 e. The molecule has 0 fully saturated rings. The van der Waals surface area contributed by atoms with Crippen LogP contribution in [0.15, 0.2) is 66.9 Å². The van der Waals surface area contributed by atoms with Gasteiger partial charge >= 0.3 is 0 Å². The van der Waals surface area contributed by atoms with Crippen molar-refractivity contribution >= 4 is 22.4 Å². The zero-order valence-corrected chi connectivity index (χ0v) is 16.6. The van der Waals surface area contributed by atoms with Crippen LogP contribution < -0.4 is 10.1 Å². The number of amides is 1. The Bertz CT molecular complexity index is 1090. The van der Waals surface area contributed by atoms with E-state index in [0.29, 0.717) is 23.8 Å². The van der Waals surface area contributed by atoms with E-state index in [1.54, 1.807) is 10.9 Å². The van der Waals surface area contributed by atoms with E-state index in [2.05, 4.69) is 20.6 Å². The molecule has 0 spiro atoms. The number of hydrogen-bond acceptors (Lipinski definition) is 6. The third-order valence-corrected chi connectivity index (χ3v) is 4.88. The highest BCUT2D eigenvalue weighted by atomic mass is 32.1. The van der Waals surface area contributed by atoms with Crippen molar-refractivity contribution in [1.82, 2.24) is 20.0 Å². The van der Waals surface area contributed by atoms with Crippen molar-refractivity contribution in [3.05, 3.63) is 88.6 Å². The van der Waals surface area contributed by atoms with Gasteiger partial charge in [0.15, 0.2) is 0 Å². The SMILES string of the molecule is Cc1nnc(NC(=O)c2cn(Cc3ccccc3)nc2OCc2ccccc2)s1. The Labute approximate surface area is 172 Å². The predicted octanol–water partition coefficient (Wildman–Crippen LogP) is 3.92. The Balaban J connectivity index is 1.57. The average Bonchev–Trinajstić information content (AvgIpc) is 3.33. The number of ether oxygens (including phenoxy) is 1. The lowest BCUT2D eigenvalue weighted by Gasteiger charge is -2.05. The second-order valence-electron chi connectivity index (χ2n) is 6.39. The number of carbonyl (C=O) groups is 1. The molecule has 146 valence electrons. The molecule has 0 unspecified atom stereocenters. The fraction of sp³-hybridized carbons (Fsp3) is 0.143. The molecule has 0 aliphatic rings. The van der Waals surface area contributed by atoms with Crippen LogP contribution in [0, 0.1) is 6.92 Å². The highest BCUT2D eigenvalue weighted by Gasteiger charge is 2.20. The highest BCUT2D eigenvalue weighted by molar-refractivity contribution is 7.15. The summed E-state index contributed by atoms with van der Waals surface area (Å²) in [7, 11) is 0. The summed E-state index contributed by atoms with van der Waals surface area (Å²) in [5.74, 6) is -0.0490. The van der Waals surface area contributed by atoms with E-state index in [4.69, 9.17) is 4.74 Å². The van der Waals surface area contributed by atoms with Crippen LogP contribution in [0.5, 0.6) is 5.88 Å². The minimum absolute atomic E-state index is 0.281. The van der Waals surface area contributed by atoms with Crippen molar-refractivity contribution in [2.45, 2.75) is 20.1 Å². The van der Waals surface area contributed by atoms with Gasteiger partial charge in [-0.2, -0.15) is 0 Å². The van der Waals surface area contributed by atoms with Gasteiger partial charge in [0, 0.05) is 6.20 Å². The minimum Gasteiger partial charge on any atom is -0.471 e. The average molecular weight is 405 g/mol. The molecule has 7 nitrogen and oxygen atoms in total. The van der Waals surface area contributed by atoms with Crippen molar-refractivity contribution in [1.29, 1.82) is 0 Å². The lowest BCUT2D eigenvalue weighted by Crippen LogP contribution is -2.12. The number of rotatable bonds is 7. The minimum atomic E-state index is -0.330. The van der Waals surface area contributed by atoms with Crippen molar-refractivity contribution < 1.29 is 9.53 Å². The molecule has 1 amide bonds. The standard InChI is InChI=1S/C21H19N5O2S/c1-15-23-24-21(29-15)22-19(27)18-13-26(12-16-8-4-2-5-9-16)25-20(18)28-14-17-10-6-3-7-11-17/h2-11,13H,12,14H2,1H3,(H,22,24,27). The summed E-state index contributed by atoms with van der Waals surface area (Å²) in [5, 5.41) is 16.3. The number of carbonyl (C=O) groups excluding carboxylic acids is 1. The molecule has 8 heteroatoms. The fourth-order valence-electron chi connectivity index (χ4n) is 2.75. The van der Waals surface area contributed by atoms with Crippen LogP contribution in [0.1, 0.15) is 26.5 Å². The van der Waals surface area contributed by atoms with Gasteiger partial charge in [0.05, 0.1) is 6.54 Å². The first-order chi connectivity index (χ1) is 14.2. The maximum absolute atomic E-state index is 12.8. The monoisotopic (exact) mass is 405 g/mol. The highest BCUT2D eigenvalue weighted by Crippen LogP contribution is 2.21. The molecule has 0 radical (unpaired) electrons. The van der Waals surface area contributed by atoms with Crippen molar-refractivity contribution in [2.24, 2.45) is 0 Å². The van der Waals surface area contributed by atoms with E-state index in [1.807, 2.05) is 67.6 Å². The Morgan fingerprint density at radius 3 is 2.38 bits per heavy atom. The van der Waals surface area contributed by atoms with E-state index in [-0.39, 0.29) is 11.8 Å². The first kappa shape index (κ1) is 18.8. The third-order valence-electron chi connectivity index (χ3n) is 4.12. The number of hydrogen-bond donors (Lipinski definition) is 1. The van der Waals surface area contributed by atoms with Gasteiger partial charge < -0.3 is 4.74 Å². The summed E-state index contributed by atoms with van der Waals surface area (Å²) in [6.07, 6.45) is 1.69. The smallest absolute Gasteiger partial charge is 0.264 e. The molecule has 2 heterocycles. The number of benzene rings is 2. The van der Waals surface area contributed by atoms with Gasteiger partial charge in [0.2, 0.25) is 11.0 Å². The zero-order valence-electron chi connectivity index (χ0n) is 15.8. The van der Waals surface area contributed by atoms with Gasteiger partial charge in [-0.05, 0) is 18.1 Å². The molecule has 0 saturated carbocycles. The molecule has 4 aromatic rings. The largest absolute Gasteiger partial charge is 0.471 e. The molecule has 4 rings (SSSR count). The number of aryl methyl sites for hydroxylation is 1. The Morgan fingerprint density at radius 2 is 1.72 bits per heavy atom. The van der Waals surface area contributed by atoms with Gasteiger partial charge in [-0.3, -0.25) is 14.8 Å². The molecule has 1 N–H and O–H groups in total. The van der Waals surface area contributed by atoms with Crippen LogP contribution in [-0.2, 0) is 13.2 Å². The van der Waals surface area contributed by atoms with E-state index in [1.165, 1.54) is 11.3 Å². The number of nitrogens with zero attached hydrogens (tertiary/aromatic N) is 4. The van der Waals surface area contributed by atoms with Gasteiger partial charge in [0.1, 0.15) is 17.2 Å². The van der Waals surface area contributed by atoms with Gasteiger partial charge in [0.25, 0.3) is 5.91 Å². The van der Waals surface area contributed by atoms with E-state index in [9.17, 15) is 4.79 Å². The normalized spacial score (nSPS) is 10.7. The number of nitrogens with one attached hydrogen (secondary N) is 1. The molecular weight excluding hydrogens is 386 g/mol. The van der Waals surface area contributed by atoms with Crippen molar-refractivity contribution in [2.75, 3.05) is 5.32 Å². The quantitative estimate of drug-likeness (QED) is 0.504. The summed E-state index contributed by atoms with van der Waals surface area (Å²) in [5.41, 5.74) is 2.43. The second-order valence-corrected chi connectivity index (χ2v) is 7.57. The third kappa shape index (κ3) is 4.85. The molecule has 0 atom stereocenters. The van der Waals surface area contributed by atoms with Gasteiger partial charge in [-0.1, -0.05) is 72.0 Å².